The second-order valence-electron chi connectivity index (χ2n) is 7.24. The first kappa shape index (κ1) is 18.7. The lowest BCUT2D eigenvalue weighted by Gasteiger charge is -2.15. The number of hydrogen-bond acceptors (Lipinski definition) is 4. The van der Waals surface area contributed by atoms with Gasteiger partial charge in [0.1, 0.15) is 0 Å². The number of imidazole rings is 1. The Kier molecular flexibility index (Phi) is 5.43. The normalized spacial score (nSPS) is 14.2. The van der Waals surface area contributed by atoms with Crippen molar-refractivity contribution in [1.29, 1.82) is 0 Å². The van der Waals surface area contributed by atoms with Crippen LogP contribution in [0, 0.1) is 6.92 Å². The molecule has 0 atom stereocenters. The molecule has 4 rings (SSSR count). The Bertz CT molecular complexity index is 990. The predicted molar refractivity (Wildman–Crippen MR) is 110 cm³/mol. The van der Waals surface area contributed by atoms with Gasteiger partial charge in [-0.2, -0.15) is 0 Å². The van der Waals surface area contributed by atoms with Crippen LogP contribution in [-0.2, 0) is 16.0 Å². The number of nitrogens with zero attached hydrogens (tertiary/aromatic N) is 3. The van der Waals surface area contributed by atoms with E-state index in [4.69, 9.17) is 0 Å². The molecule has 1 aliphatic rings. The van der Waals surface area contributed by atoms with Crippen LogP contribution in [0.15, 0.2) is 35.8 Å². The van der Waals surface area contributed by atoms with Gasteiger partial charge in [0.25, 0.3) is 0 Å². The van der Waals surface area contributed by atoms with Gasteiger partial charge in [-0.1, -0.05) is 29.8 Å². The number of nitrogens with one attached hydrogen (secondary N) is 1. The van der Waals surface area contributed by atoms with Gasteiger partial charge in [0.15, 0.2) is 4.96 Å². The highest BCUT2D eigenvalue weighted by molar-refractivity contribution is 7.15. The Labute approximate surface area is 168 Å². The summed E-state index contributed by atoms with van der Waals surface area (Å²) in [7, 11) is 0. The summed E-state index contributed by atoms with van der Waals surface area (Å²) in [5.74, 6) is 0.231. The first-order valence-electron chi connectivity index (χ1n) is 9.67. The molecule has 1 aromatic carbocycles. The third-order valence-corrected chi connectivity index (χ3v) is 5.96. The number of amides is 2. The van der Waals surface area contributed by atoms with Gasteiger partial charge in [0, 0.05) is 48.9 Å². The molecule has 2 aromatic heterocycles. The van der Waals surface area contributed by atoms with E-state index in [-0.39, 0.29) is 11.8 Å². The highest BCUT2D eigenvalue weighted by Gasteiger charge is 2.19. The Balaban J connectivity index is 1.33. The van der Waals surface area contributed by atoms with Crippen LogP contribution in [-0.4, -0.2) is 45.7 Å². The number of rotatable bonds is 7. The van der Waals surface area contributed by atoms with E-state index >= 15 is 0 Å². The van der Waals surface area contributed by atoms with Gasteiger partial charge in [-0.05, 0) is 19.8 Å². The molecule has 0 aliphatic carbocycles. The quantitative estimate of drug-likeness (QED) is 0.624. The molecule has 6 nitrogen and oxygen atoms in total. The van der Waals surface area contributed by atoms with E-state index in [1.54, 1.807) is 11.3 Å². The van der Waals surface area contributed by atoms with Crippen LogP contribution in [0.5, 0.6) is 0 Å². The van der Waals surface area contributed by atoms with Crippen LogP contribution in [0.4, 0.5) is 0 Å². The topological polar surface area (TPSA) is 66.7 Å². The zero-order chi connectivity index (χ0) is 19.5. The van der Waals surface area contributed by atoms with Crippen molar-refractivity contribution in [3.05, 3.63) is 47.1 Å². The third-order valence-electron chi connectivity index (χ3n) is 5.07. The minimum absolute atomic E-state index is 0.00182. The number of likely N-dealkylation sites (tertiary alicyclic amines) is 1. The highest BCUT2D eigenvalue weighted by atomic mass is 32.1. The van der Waals surface area contributed by atoms with Crippen molar-refractivity contribution in [3.63, 3.8) is 0 Å². The fourth-order valence-electron chi connectivity index (χ4n) is 3.49. The lowest BCUT2D eigenvalue weighted by molar-refractivity contribution is -0.127. The molecule has 0 bridgehead atoms. The van der Waals surface area contributed by atoms with E-state index in [0.717, 1.165) is 47.8 Å². The molecule has 0 unspecified atom stereocenters. The lowest BCUT2D eigenvalue weighted by Crippen LogP contribution is -2.31. The monoisotopic (exact) mass is 396 g/mol. The fourth-order valence-corrected chi connectivity index (χ4v) is 4.36. The van der Waals surface area contributed by atoms with Crippen molar-refractivity contribution < 1.29 is 9.59 Å². The summed E-state index contributed by atoms with van der Waals surface area (Å²) in [6.45, 7) is 4.23. The summed E-state index contributed by atoms with van der Waals surface area (Å²) in [4.78, 5) is 31.4. The van der Waals surface area contributed by atoms with Crippen LogP contribution in [0.3, 0.4) is 0 Å². The molecule has 0 saturated carbocycles. The maximum atomic E-state index is 12.3. The number of carbonyl (C=O) groups excluding carboxylic acids is 2. The van der Waals surface area contributed by atoms with Crippen LogP contribution in [0.1, 0.15) is 30.5 Å². The van der Waals surface area contributed by atoms with E-state index in [2.05, 4.69) is 41.5 Å². The molecule has 1 saturated heterocycles. The van der Waals surface area contributed by atoms with E-state index in [0.29, 0.717) is 19.4 Å². The largest absolute Gasteiger partial charge is 0.356 e. The molecule has 3 aromatic rings. The number of benzene rings is 1. The second-order valence-corrected chi connectivity index (χ2v) is 8.07. The van der Waals surface area contributed by atoms with Gasteiger partial charge in [0.05, 0.1) is 12.1 Å². The molecule has 2 amide bonds. The summed E-state index contributed by atoms with van der Waals surface area (Å²) >= 11 is 1.55. The molecule has 1 aliphatic heterocycles. The van der Waals surface area contributed by atoms with Crippen molar-refractivity contribution in [2.24, 2.45) is 0 Å². The van der Waals surface area contributed by atoms with Crippen molar-refractivity contribution in [2.75, 3.05) is 19.6 Å². The van der Waals surface area contributed by atoms with Gasteiger partial charge in [-0.25, -0.2) is 4.98 Å². The number of aromatic nitrogens is 2. The Morgan fingerprint density at radius 1 is 1.29 bits per heavy atom. The minimum Gasteiger partial charge on any atom is -0.356 e. The molecular weight excluding hydrogens is 372 g/mol. The van der Waals surface area contributed by atoms with E-state index in [1.165, 1.54) is 5.56 Å². The number of thiazole rings is 1. The lowest BCUT2D eigenvalue weighted by atomic mass is 10.1. The minimum atomic E-state index is -0.00182. The van der Waals surface area contributed by atoms with Crippen molar-refractivity contribution in [1.82, 2.24) is 19.6 Å². The van der Waals surface area contributed by atoms with Gasteiger partial charge >= 0.3 is 0 Å². The highest BCUT2D eigenvalue weighted by Crippen LogP contribution is 2.24. The summed E-state index contributed by atoms with van der Waals surface area (Å²) < 4.78 is 2.00. The molecule has 0 spiro atoms. The predicted octanol–water partition coefficient (Wildman–Crippen LogP) is 3.04. The zero-order valence-corrected chi connectivity index (χ0v) is 16.8. The number of aryl methyl sites for hydroxylation is 1. The Hall–Kier alpha value is -2.67. The van der Waals surface area contributed by atoms with Crippen LogP contribution in [0.25, 0.3) is 16.2 Å². The number of hydrogen-bond donors (Lipinski definition) is 1. The van der Waals surface area contributed by atoms with Crippen molar-refractivity contribution >= 4 is 28.1 Å². The van der Waals surface area contributed by atoms with Gasteiger partial charge in [-0.15, -0.1) is 11.3 Å². The fraction of sp³-hybridized carbons (Fsp3) is 0.381. The molecule has 146 valence electrons. The molecule has 28 heavy (non-hydrogen) atoms. The maximum absolute atomic E-state index is 12.3. The number of carbonyl (C=O) groups is 2. The van der Waals surface area contributed by atoms with Gasteiger partial charge in [-0.3, -0.25) is 14.0 Å². The summed E-state index contributed by atoms with van der Waals surface area (Å²) in [6.07, 6.45) is 4.73. The van der Waals surface area contributed by atoms with Gasteiger partial charge < -0.3 is 10.2 Å². The van der Waals surface area contributed by atoms with Crippen molar-refractivity contribution in [3.8, 4) is 11.3 Å². The third kappa shape index (κ3) is 4.09. The van der Waals surface area contributed by atoms with E-state index in [9.17, 15) is 9.59 Å². The summed E-state index contributed by atoms with van der Waals surface area (Å²) in [5.41, 5.74) is 4.16. The number of fused-ring (bicyclic) bond motifs is 1. The average Bonchev–Trinajstić information content (AvgIpc) is 3.37. The zero-order valence-electron chi connectivity index (χ0n) is 16.0. The molecule has 1 N–H and O–H groups in total. The van der Waals surface area contributed by atoms with Crippen LogP contribution < -0.4 is 5.32 Å². The van der Waals surface area contributed by atoms with Crippen LogP contribution >= 0.6 is 11.3 Å². The molecule has 1 fully saturated rings. The summed E-state index contributed by atoms with van der Waals surface area (Å²) in [5, 5.41) is 4.95. The molecular formula is C21H24N4O2S. The standard InChI is InChI=1S/C21H24N4O2S/c1-15-5-7-16(8-6-15)18-13-25-17(14-28-21(25)23-18)12-19(26)22-9-3-11-24-10-2-4-20(24)27/h5-8,13-14H,2-4,9-12H2,1H3,(H,22,26). The Morgan fingerprint density at radius 3 is 2.86 bits per heavy atom. The molecule has 7 heteroatoms. The van der Waals surface area contributed by atoms with E-state index in [1.807, 2.05) is 20.9 Å². The first-order valence-corrected chi connectivity index (χ1v) is 10.5. The van der Waals surface area contributed by atoms with E-state index < -0.39 is 0 Å². The van der Waals surface area contributed by atoms with Gasteiger partial charge in [0.2, 0.25) is 11.8 Å². The molecule has 0 radical (unpaired) electrons. The second kappa shape index (κ2) is 8.14. The van der Waals surface area contributed by atoms with Crippen LogP contribution in [0.2, 0.25) is 0 Å². The average molecular weight is 397 g/mol. The SMILES string of the molecule is Cc1ccc(-c2cn3c(CC(=O)NCCCN4CCCC4=O)csc3n2)cc1. The van der Waals surface area contributed by atoms with Crippen molar-refractivity contribution in [2.45, 2.75) is 32.6 Å². The smallest absolute Gasteiger partial charge is 0.225 e. The maximum Gasteiger partial charge on any atom is 0.225 e. The first-order chi connectivity index (χ1) is 13.6. The summed E-state index contributed by atoms with van der Waals surface area (Å²) in [6, 6.07) is 8.29. The Morgan fingerprint density at radius 2 is 2.11 bits per heavy atom. The molecule has 3 heterocycles.